The van der Waals surface area contributed by atoms with Crippen LogP contribution in [0.25, 0.3) is 0 Å². The van der Waals surface area contributed by atoms with Crippen molar-refractivity contribution in [2.24, 2.45) is 0 Å². The first-order chi connectivity index (χ1) is 9.93. The molecule has 0 heterocycles. The van der Waals surface area contributed by atoms with Crippen LogP contribution in [0.1, 0.15) is 40.8 Å². The first kappa shape index (κ1) is 16.2. The third-order valence-electron chi connectivity index (χ3n) is 3.77. The molecule has 2 aromatic carbocycles. The van der Waals surface area contributed by atoms with Crippen LogP contribution in [0, 0.1) is 26.6 Å². The third-order valence-corrected chi connectivity index (χ3v) is 4.66. The fourth-order valence-corrected chi connectivity index (χ4v) is 3.06. The van der Waals surface area contributed by atoms with Crippen LogP contribution >= 0.6 is 15.9 Å². The summed E-state index contributed by atoms with van der Waals surface area (Å²) in [6.07, 6.45) is 0. The Hall–Kier alpha value is -1.19. The minimum absolute atomic E-state index is 0.0856. The summed E-state index contributed by atoms with van der Waals surface area (Å²) in [5.74, 6) is -0.170. The Morgan fingerprint density at radius 2 is 1.67 bits per heavy atom. The summed E-state index contributed by atoms with van der Waals surface area (Å²) in [6.45, 7) is 8.98. The Balaban J connectivity index is 2.55. The van der Waals surface area contributed by atoms with Gasteiger partial charge in [-0.2, -0.15) is 0 Å². The van der Waals surface area contributed by atoms with Gasteiger partial charge in [0.2, 0.25) is 0 Å². The van der Waals surface area contributed by atoms with E-state index in [9.17, 15) is 4.39 Å². The summed E-state index contributed by atoms with van der Waals surface area (Å²) in [5.41, 5.74) is 5.54. The normalized spacial score (nSPS) is 12.5. The average Bonchev–Trinajstić information content (AvgIpc) is 2.40. The minimum Gasteiger partial charge on any atom is -0.307 e. The lowest BCUT2D eigenvalue weighted by Gasteiger charge is -2.24. The highest BCUT2D eigenvalue weighted by Gasteiger charge is 2.18. The van der Waals surface area contributed by atoms with E-state index in [0.717, 1.165) is 22.1 Å². The second kappa shape index (κ2) is 6.71. The van der Waals surface area contributed by atoms with E-state index in [1.54, 1.807) is 12.1 Å². The summed E-state index contributed by atoms with van der Waals surface area (Å²) in [5, 5.41) is 3.53. The molecule has 0 bridgehead atoms. The quantitative estimate of drug-likeness (QED) is 0.798. The highest BCUT2D eigenvalue weighted by molar-refractivity contribution is 9.10. The van der Waals surface area contributed by atoms with E-state index in [0.29, 0.717) is 0 Å². The van der Waals surface area contributed by atoms with E-state index >= 15 is 0 Å². The van der Waals surface area contributed by atoms with Gasteiger partial charge in [0.15, 0.2) is 0 Å². The van der Waals surface area contributed by atoms with Crippen LogP contribution in [0.5, 0.6) is 0 Å². The Kier molecular flexibility index (Phi) is 5.17. The van der Waals surface area contributed by atoms with E-state index in [1.165, 1.54) is 16.7 Å². The van der Waals surface area contributed by atoms with Gasteiger partial charge in [0, 0.05) is 4.47 Å². The second-order valence-electron chi connectivity index (χ2n) is 5.45. The van der Waals surface area contributed by atoms with Crippen molar-refractivity contribution in [2.75, 3.05) is 6.54 Å². The molecule has 3 heteroatoms. The predicted molar refractivity (Wildman–Crippen MR) is 90.3 cm³/mol. The lowest BCUT2D eigenvalue weighted by Crippen LogP contribution is -2.24. The lowest BCUT2D eigenvalue weighted by atomic mass is 9.90. The topological polar surface area (TPSA) is 12.0 Å². The maximum Gasteiger partial charge on any atom is 0.123 e. The standard InChI is InChI=1S/C18H21BrFN/c1-5-21-18(14-6-7-16(19)11(2)8-14)17-12(3)9-15(20)10-13(17)4/h6-10,18,21H,5H2,1-4H3. The van der Waals surface area contributed by atoms with Crippen LogP contribution < -0.4 is 5.32 Å². The van der Waals surface area contributed by atoms with Crippen molar-refractivity contribution in [1.29, 1.82) is 0 Å². The predicted octanol–water partition coefficient (Wildman–Crippen LogP) is 5.21. The molecule has 0 aliphatic rings. The molecule has 2 aromatic rings. The molecule has 0 aliphatic carbocycles. The van der Waals surface area contributed by atoms with Crippen LogP contribution in [0.15, 0.2) is 34.8 Å². The zero-order valence-corrected chi connectivity index (χ0v) is 14.5. The smallest absolute Gasteiger partial charge is 0.123 e. The fraction of sp³-hybridized carbons (Fsp3) is 0.333. The molecule has 0 aliphatic heterocycles. The van der Waals surface area contributed by atoms with Crippen molar-refractivity contribution < 1.29 is 4.39 Å². The number of halogens is 2. The molecule has 1 N–H and O–H groups in total. The van der Waals surface area contributed by atoms with Gasteiger partial charge in [-0.05, 0) is 73.3 Å². The van der Waals surface area contributed by atoms with Gasteiger partial charge in [-0.15, -0.1) is 0 Å². The molecule has 112 valence electrons. The van der Waals surface area contributed by atoms with Crippen LogP contribution in [-0.4, -0.2) is 6.54 Å². The second-order valence-corrected chi connectivity index (χ2v) is 6.31. The van der Waals surface area contributed by atoms with Gasteiger partial charge in [0.1, 0.15) is 5.82 Å². The van der Waals surface area contributed by atoms with Crippen molar-refractivity contribution in [1.82, 2.24) is 5.32 Å². The molecule has 21 heavy (non-hydrogen) atoms. The minimum atomic E-state index is -0.170. The lowest BCUT2D eigenvalue weighted by molar-refractivity contribution is 0.606. The number of rotatable bonds is 4. The van der Waals surface area contributed by atoms with E-state index < -0.39 is 0 Å². The zero-order chi connectivity index (χ0) is 15.6. The van der Waals surface area contributed by atoms with E-state index in [-0.39, 0.29) is 11.9 Å². The van der Waals surface area contributed by atoms with Gasteiger partial charge in [-0.3, -0.25) is 0 Å². The van der Waals surface area contributed by atoms with Gasteiger partial charge in [-0.1, -0.05) is 35.0 Å². The molecular formula is C18H21BrFN. The zero-order valence-electron chi connectivity index (χ0n) is 12.9. The van der Waals surface area contributed by atoms with Crippen molar-refractivity contribution in [3.63, 3.8) is 0 Å². The summed E-state index contributed by atoms with van der Waals surface area (Å²) in [7, 11) is 0. The maximum absolute atomic E-state index is 13.6. The summed E-state index contributed by atoms with van der Waals surface area (Å²) in [6, 6.07) is 9.68. The van der Waals surface area contributed by atoms with E-state index in [4.69, 9.17) is 0 Å². The molecule has 1 nitrogen and oxygen atoms in total. The number of nitrogens with one attached hydrogen (secondary N) is 1. The van der Waals surface area contributed by atoms with Crippen molar-refractivity contribution >= 4 is 15.9 Å². The third kappa shape index (κ3) is 3.53. The van der Waals surface area contributed by atoms with Gasteiger partial charge >= 0.3 is 0 Å². The Labute approximate surface area is 134 Å². The van der Waals surface area contributed by atoms with Crippen molar-refractivity contribution in [2.45, 2.75) is 33.7 Å². The first-order valence-corrected chi connectivity index (χ1v) is 7.99. The van der Waals surface area contributed by atoms with Crippen LogP contribution in [0.4, 0.5) is 4.39 Å². The Bertz CT molecular complexity index is 629. The largest absolute Gasteiger partial charge is 0.307 e. The van der Waals surface area contributed by atoms with Gasteiger partial charge in [-0.25, -0.2) is 4.39 Å². The summed E-state index contributed by atoms with van der Waals surface area (Å²) in [4.78, 5) is 0. The Morgan fingerprint density at radius 1 is 1.05 bits per heavy atom. The molecule has 0 amide bonds. The number of hydrogen-bond donors (Lipinski definition) is 1. The molecule has 0 saturated heterocycles. The van der Waals surface area contributed by atoms with E-state index in [2.05, 4.69) is 53.3 Å². The molecule has 1 unspecified atom stereocenters. The monoisotopic (exact) mass is 349 g/mol. The SMILES string of the molecule is CCNC(c1ccc(Br)c(C)c1)c1c(C)cc(F)cc1C. The number of hydrogen-bond acceptors (Lipinski definition) is 1. The molecular weight excluding hydrogens is 329 g/mol. The van der Waals surface area contributed by atoms with Crippen LogP contribution in [0.3, 0.4) is 0 Å². The number of aryl methyl sites for hydroxylation is 3. The summed E-state index contributed by atoms with van der Waals surface area (Å²) >= 11 is 3.54. The fourth-order valence-electron chi connectivity index (χ4n) is 2.82. The first-order valence-electron chi connectivity index (χ1n) is 7.20. The molecule has 2 rings (SSSR count). The summed E-state index contributed by atoms with van der Waals surface area (Å²) < 4.78 is 14.7. The van der Waals surface area contributed by atoms with Gasteiger partial charge in [0.05, 0.1) is 6.04 Å². The molecule has 0 spiro atoms. The van der Waals surface area contributed by atoms with Crippen molar-refractivity contribution in [3.05, 3.63) is 68.4 Å². The molecule has 0 aromatic heterocycles. The van der Waals surface area contributed by atoms with Crippen molar-refractivity contribution in [3.8, 4) is 0 Å². The van der Waals surface area contributed by atoms with Gasteiger partial charge < -0.3 is 5.32 Å². The number of benzene rings is 2. The molecule has 0 fully saturated rings. The highest BCUT2D eigenvalue weighted by atomic mass is 79.9. The Morgan fingerprint density at radius 3 is 2.19 bits per heavy atom. The average molecular weight is 350 g/mol. The molecule has 0 radical (unpaired) electrons. The molecule has 0 saturated carbocycles. The van der Waals surface area contributed by atoms with Crippen LogP contribution in [0.2, 0.25) is 0 Å². The maximum atomic E-state index is 13.6. The highest BCUT2D eigenvalue weighted by Crippen LogP contribution is 2.30. The van der Waals surface area contributed by atoms with E-state index in [1.807, 2.05) is 13.8 Å². The molecule has 1 atom stereocenters. The van der Waals surface area contributed by atoms with Crippen LogP contribution in [-0.2, 0) is 0 Å². The van der Waals surface area contributed by atoms with Gasteiger partial charge in [0.25, 0.3) is 0 Å².